The number of hydrogen-bond acceptors (Lipinski definition) is 4. The van der Waals surface area contributed by atoms with E-state index in [-0.39, 0.29) is 18.5 Å². The van der Waals surface area contributed by atoms with Crippen molar-refractivity contribution < 1.29 is 4.79 Å². The van der Waals surface area contributed by atoms with Crippen LogP contribution in [-0.4, -0.2) is 17.4 Å². The van der Waals surface area contributed by atoms with Gasteiger partial charge in [0.15, 0.2) is 0 Å². The minimum absolute atomic E-state index is 0.146. The van der Waals surface area contributed by atoms with Crippen LogP contribution in [0.1, 0.15) is 24.4 Å². The molecule has 1 rings (SSSR count). The molecule has 1 atom stereocenters. The van der Waals surface area contributed by atoms with Crippen molar-refractivity contribution >= 4 is 17.2 Å². The van der Waals surface area contributed by atoms with Gasteiger partial charge >= 0.3 is 0 Å². The molecular formula is C8H13N3OS. The van der Waals surface area contributed by atoms with Gasteiger partial charge in [-0.15, -0.1) is 11.3 Å². The molecule has 0 spiro atoms. The van der Waals surface area contributed by atoms with E-state index < -0.39 is 0 Å². The van der Waals surface area contributed by atoms with Gasteiger partial charge in [0.2, 0.25) is 5.91 Å². The van der Waals surface area contributed by atoms with E-state index in [0.29, 0.717) is 0 Å². The molecule has 1 unspecified atom stereocenters. The van der Waals surface area contributed by atoms with Crippen molar-refractivity contribution in [1.29, 1.82) is 0 Å². The molecule has 0 bridgehead atoms. The quantitative estimate of drug-likeness (QED) is 0.732. The second-order valence-electron chi connectivity index (χ2n) is 2.68. The molecule has 0 saturated heterocycles. The molecular weight excluding hydrogens is 186 g/mol. The number of carbonyl (C=O) groups excluding carboxylic acids is 1. The van der Waals surface area contributed by atoms with Crippen molar-refractivity contribution in [2.24, 2.45) is 5.73 Å². The second-order valence-corrected chi connectivity index (χ2v) is 3.60. The van der Waals surface area contributed by atoms with Gasteiger partial charge in [-0.05, 0) is 6.42 Å². The van der Waals surface area contributed by atoms with Gasteiger partial charge in [-0.1, -0.05) is 6.92 Å². The zero-order valence-electron chi connectivity index (χ0n) is 7.49. The molecule has 0 aliphatic heterocycles. The Bertz CT molecular complexity index is 260. The first kappa shape index (κ1) is 10.1. The van der Waals surface area contributed by atoms with Crippen molar-refractivity contribution in [1.82, 2.24) is 10.3 Å². The third-order valence-corrected chi connectivity index (χ3v) is 2.57. The lowest BCUT2D eigenvalue weighted by atomic mass is 10.2. The molecule has 1 amide bonds. The molecule has 0 aromatic carbocycles. The van der Waals surface area contributed by atoms with Crippen LogP contribution in [-0.2, 0) is 4.79 Å². The van der Waals surface area contributed by atoms with Crippen LogP contribution in [0.5, 0.6) is 0 Å². The van der Waals surface area contributed by atoms with Crippen LogP contribution in [0.4, 0.5) is 0 Å². The van der Waals surface area contributed by atoms with Crippen LogP contribution >= 0.6 is 11.3 Å². The average Bonchev–Trinajstić information content (AvgIpc) is 2.58. The Morgan fingerprint density at radius 1 is 1.85 bits per heavy atom. The summed E-state index contributed by atoms with van der Waals surface area (Å²) in [5.41, 5.74) is 5.03. The molecule has 1 heterocycles. The molecule has 4 nitrogen and oxygen atoms in total. The van der Waals surface area contributed by atoms with E-state index in [1.165, 1.54) is 0 Å². The maximum Gasteiger partial charge on any atom is 0.231 e. The molecule has 13 heavy (non-hydrogen) atoms. The minimum Gasteiger partial charge on any atom is -0.369 e. The monoisotopic (exact) mass is 199 g/mol. The average molecular weight is 199 g/mol. The van der Waals surface area contributed by atoms with Gasteiger partial charge in [0.1, 0.15) is 5.01 Å². The van der Waals surface area contributed by atoms with Gasteiger partial charge in [-0.2, -0.15) is 0 Å². The van der Waals surface area contributed by atoms with Crippen molar-refractivity contribution in [3.63, 3.8) is 0 Å². The summed E-state index contributed by atoms with van der Waals surface area (Å²) in [5.74, 6) is -0.338. The zero-order chi connectivity index (χ0) is 9.68. The molecule has 3 N–H and O–H groups in total. The van der Waals surface area contributed by atoms with Crippen molar-refractivity contribution in [3.05, 3.63) is 16.6 Å². The molecule has 1 aromatic heterocycles. The fraction of sp³-hybridized carbons (Fsp3) is 0.500. The smallest absolute Gasteiger partial charge is 0.231 e. The zero-order valence-corrected chi connectivity index (χ0v) is 8.30. The third-order valence-electron chi connectivity index (χ3n) is 1.68. The lowest BCUT2D eigenvalue weighted by Gasteiger charge is -2.12. The summed E-state index contributed by atoms with van der Waals surface area (Å²) < 4.78 is 0. The van der Waals surface area contributed by atoms with Crippen LogP contribution in [0.25, 0.3) is 0 Å². The molecule has 0 saturated carbocycles. The minimum atomic E-state index is -0.338. The number of nitrogens with one attached hydrogen (secondary N) is 1. The summed E-state index contributed by atoms with van der Waals surface area (Å²) in [6.45, 7) is 2.25. The van der Waals surface area contributed by atoms with Gasteiger partial charge in [-0.25, -0.2) is 4.98 Å². The van der Waals surface area contributed by atoms with Crippen LogP contribution < -0.4 is 11.1 Å². The first-order chi connectivity index (χ1) is 6.24. The SMILES string of the molecule is CCC(NCC(N)=O)c1nccs1. The standard InChI is InChI=1S/C8H13N3OS/c1-2-6(11-5-7(9)12)8-10-3-4-13-8/h3-4,6,11H,2,5H2,1H3,(H2,9,12). The van der Waals surface area contributed by atoms with Crippen molar-refractivity contribution in [3.8, 4) is 0 Å². The summed E-state index contributed by atoms with van der Waals surface area (Å²) in [6.07, 6.45) is 2.66. The highest BCUT2D eigenvalue weighted by molar-refractivity contribution is 7.09. The Morgan fingerprint density at radius 2 is 2.62 bits per heavy atom. The van der Waals surface area contributed by atoms with Crippen LogP contribution in [0.2, 0.25) is 0 Å². The van der Waals surface area contributed by atoms with Crippen LogP contribution in [0, 0.1) is 0 Å². The first-order valence-corrected chi connectivity index (χ1v) is 5.03. The number of nitrogens with two attached hydrogens (primary N) is 1. The molecule has 0 fully saturated rings. The fourth-order valence-corrected chi connectivity index (χ4v) is 1.83. The lowest BCUT2D eigenvalue weighted by Crippen LogP contribution is -2.31. The number of primary amides is 1. The molecule has 72 valence electrons. The summed E-state index contributed by atoms with van der Waals surface area (Å²) in [5, 5.41) is 5.97. The topological polar surface area (TPSA) is 68.0 Å². The van der Waals surface area contributed by atoms with Crippen LogP contribution in [0.15, 0.2) is 11.6 Å². The summed E-state index contributed by atoms with van der Waals surface area (Å²) in [7, 11) is 0. The summed E-state index contributed by atoms with van der Waals surface area (Å²) in [4.78, 5) is 14.7. The normalized spacial score (nSPS) is 12.7. The number of carbonyl (C=O) groups is 1. The Hall–Kier alpha value is -0.940. The van der Waals surface area contributed by atoms with E-state index in [4.69, 9.17) is 5.73 Å². The Kier molecular flexibility index (Phi) is 3.85. The number of hydrogen-bond donors (Lipinski definition) is 2. The Labute approximate surface area is 81.2 Å². The highest BCUT2D eigenvalue weighted by Gasteiger charge is 2.11. The Balaban J connectivity index is 2.49. The molecule has 0 aliphatic carbocycles. The largest absolute Gasteiger partial charge is 0.369 e. The van der Waals surface area contributed by atoms with E-state index in [9.17, 15) is 4.79 Å². The molecule has 1 aromatic rings. The lowest BCUT2D eigenvalue weighted by molar-refractivity contribution is -0.117. The van der Waals surface area contributed by atoms with E-state index >= 15 is 0 Å². The predicted octanol–water partition coefficient (Wildman–Crippen LogP) is 0.669. The maximum absolute atomic E-state index is 10.5. The number of nitrogens with zero attached hydrogens (tertiary/aromatic N) is 1. The number of thiazole rings is 1. The van der Waals surface area contributed by atoms with Gasteiger partial charge in [0, 0.05) is 11.6 Å². The van der Waals surface area contributed by atoms with Crippen molar-refractivity contribution in [2.45, 2.75) is 19.4 Å². The van der Waals surface area contributed by atoms with E-state index in [0.717, 1.165) is 11.4 Å². The van der Waals surface area contributed by atoms with Crippen LogP contribution in [0.3, 0.4) is 0 Å². The van der Waals surface area contributed by atoms with E-state index in [1.54, 1.807) is 17.5 Å². The molecule has 0 aliphatic rings. The third kappa shape index (κ3) is 3.12. The second kappa shape index (κ2) is 4.94. The predicted molar refractivity (Wildman–Crippen MR) is 52.3 cm³/mol. The number of aromatic nitrogens is 1. The number of rotatable bonds is 5. The van der Waals surface area contributed by atoms with E-state index in [1.807, 2.05) is 12.3 Å². The Morgan fingerprint density at radius 3 is 3.08 bits per heavy atom. The van der Waals surface area contributed by atoms with E-state index in [2.05, 4.69) is 10.3 Å². The van der Waals surface area contributed by atoms with Gasteiger partial charge in [-0.3, -0.25) is 10.1 Å². The fourth-order valence-electron chi connectivity index (χ4n) is 1.04. The van der Waals surface area contributed by atoms with Gasteiger partial charge in [0.25, 0.3) is 0 Å². The van der Waals surface area contributed by atoms with Crippen molar-refractivity contribution in [2.75, 3.05) is 6.54 Å². The highest BCUT2D eigenvalue weighted by Crippen LogP contribution is 2.17. The summed E-state index contributed by atoms with van der Waals surface area (Å²) >= 11 is 1.58. The molecule has 5 heteroatoms. The number of amides is 1. The first-order valence-electron chi connectivity index (χ1n) is 4.15. The maximum atomic E-state index is 10.5. The highest BCUT2D eigenvalue weighted by atomic mass is 32.1. The summed E-state index contributed by atoms with van der Waals surface area (Å²) in [6, 6.07) is 0.146. The molecule has 0 radical (unpaired) electrons. The van der Waals surface area contributed by atoms with Gasteiger partial charge < -0.3 is 5.73 Å². The van der Waals surface area contributed by atoms with Gasteiger partial charge in [0.05, 0.1) is 12.6 Å².